The number of ether oxygens (including phenoxy) is 2. The molecule has 36 heavy (non-hydrogen) atoms. The van der Waals surface area contributed by atoms with Crippen molar-refractivity contribution in [3.63, 3.8) is 0 Å². The lowest BCUT2D eigenvalue weighted by molar-refractivity contribution is -0.163. The Kier molecular flexibility index (Phi) is 8.43. The molecule has 0 unspecified atom stereocenters. The fourth-order valence-corrected chi connectivity index (χ4v) is 4.19. The van der Waals surface area contributed by atoms with Crippen molar-refractivity contribution in [2.75, 3.05) is 6.54 Å². The van der Waals surface area contributed by atoms with Gasteiger partial charge in [0.2, 0.25) is 5.91 Å². The van der Waals surface area contributed by atoms with Crippen molar-refractivity contribution in [1.29, 1.82) is 0 Å². The van der Waals surface area contributed by atoms with Gasteiger partial charge in [-0.2, -0.15) is 0 Å². The van der Waals surface area contributed by atoms with Crippen LogP contribution in [0.4, 0.5) is 4.79 Å². The van der Waals surface area contributed by atoms with E-state index in [0.29, 0.717) is 19.4 Å². The maximum atomic E-state index is 13.7. The number of amides is 2. The second kappa shape index (κ2) is 11.1. The summed E-state index contributed by atoms with van der Waals surface area (Å²) in [6.45, 7) is 11.1. The first kappa shape index (κ1) is 27.2. The highest BCUT2D eigenvalue weighted by Gasteiger charge is 2.40. The molecule has 0 saturated carbocycles. The predicted molar refractivity (Wildman–Crippen MR) is 139 cm³/mol. The van der Waals surface area contributed by atoms with Crippen molar-refractivity contribution in [3.8, 4) is 11.1 Å². The summed E-state index contributed by atoms with van der Waals surface area (Å²) in [5, 5.41) is 2.75. The Bertz CT molecular complexity index is 1050. The van der Waals surface area contributed by atoms with E-state index in [0.717, 1.165) is 16.7 Å². The Morgan fingerprint density at radius 1 is 0.889 bits per heavy atom. The minimum atomic E-state index is -0.884. The van der Waals surface area contributed by atoms with Crippen molar-refractivity contribution in [2.24, 2.45) is 0 Å². The lowest BCUT2D eigenvalue weighted by Gasteiger charge is -2.31. The Hall–Kier alpha value is -3.35. The summed E-state index contributed by atoms with van der Waals surface area (Å²) in [7, 11) is 0. The first-order valence-electron chi connectivity index (χ1n) is 12.5. The molecule has 194 valence electrons. The monoisotopic (exact) mass is 494 g/mol. The zero-order chi connectivity index (χ0) is 26.5. The molecule has 0 aliphatic carbocycles. The van der Waals surface area contributed by atoms with Gasteiger partial charge in [-0.15, -0.1) is 0 Å². The Morgan fingerprint density at radius 3 is 2.06 bits per heavy atom. The van der Waals surface area contributed by atoms with Gasteiger partial charge in [0.05, 0.1) is 0 Å². The molecule has 2 amide bonds. The molecule has 0 bridgehead atoms. The average molecular weight is 495 g/mol. The fourth-order valence-electron chi connectivity index (χ4n) is 4.19. The predicted octanol–water partition coefficient (Wildman–Crippen LogP) is 5.12. The SMILES string of the molecule is CC(C)(C)OC(=O)N[C@@H](Cc1ccc(-c2ccccc2)cc1)C(=O)N1CCC[C@H]1C(=O)OC(C)(C)C. The van der Waals surface area contributed by atoms with Crippen molar-refractivity contribution in [3.05, 3.63) is 60.2 Å². The number of nitrogens with zero attached hydrogens (tertiary/aromatic N) is 1. The van der Waals surface area contributed by atoms with E-state index >= 15 is 0 Å². The van der Waals surface area contributed by atoms with Crippen LogP contribution in [0.15, 0.2) is 54.6 Å². The van der Waals surface area contributed by atoms with Gasteiger partial charge in [0.15, 0.2) is 0 Å². The van der Waals surface area contributed by atoms with Crippen LogP contribution in [-0.2, 0) is 25.5 Å². The zero-order valence-electron chi connectivity index (χ0n) is 22.2. The number of esters is 1. The van der Waals surface area contributed by atoms with Gasteiger partial charge in [-0.3, -0.25) is 4.79 Å². The van der Waals surface area contributed by atoms with Crippen LogP contribution in [0, 0.1) is 0 Å². The molecule has 1 saturated heterocycles. The highest BCUT2D eigenvalue weighted by molar-refractivity contribution is 5.90. The molecule has 2 aromatic rings. The number of rotatable bonds is 6. The van der Waals surface area contributed by atoms with Crippen LogP contribution in [0.2, 0.25) is 0 Å². The molecule has 7 heteroatoms. The first-order chi connectivity index (χ1) is 16.8. The van der Waals surface area contributed by atoms with Crippen LogP contribution in [0.5, 0.6) is 0 Å². The fraction of sp³-hybridized carbons (Fsp3) is 0.483. The van der Waals surface area contributed by atoms with Crippen molar-refractivity contribution in [2.45, 2.75) is 84.1 Å². The lowest BCUT2D eigenvalue weighted by Crippen LogP contribution is -2.53. The second-order valence-electron chi connectivity index (χ2n) is 11.2. The van der Waals surface area contributed by atoms with Gasteiger partial charge >= 0.3 is 12.1 Å². The van der Waals surface area contributed by atoms with Crippen LogP contribution in [0.1, 0.15) is 59.9 Å². The number of hydrogen-bond donors (Lipinski definition) is 1. The molecule has 1 N–H and O–H groups in total. The maximum absolute atomic E-state index is 13.7. The third-order valence-electron chi connectivity index (χ3n) is 5.70. The smallest absolute Gasteiger partial charge is 0.408 e. The normalized spacial score (nSPS) is 16.8. The van der Waals surface area contributed by atoms with Gasteiger partial charge in [0, 0.05) is 13.0 Å². The molecule has 1 fully saturated rings. The largest absolute Gasteiger partial charge is 0.458 e. The van der Waals surface area contributed by atoms with E-state index in [4.69, 9.17) is 9.47 Å². The number of hydrogen-bond acceptors (Lipinski definition) is 5. The molecular weight excluding hydrogens is 456 g/mol. The molecule has 2 atom stereocenters. The first-order valence-corrected chi connectivity index (χ1v) is 12.5. The maximum Gasteiger partial charge on any atom is 0.408 e. The molecule has 0 aromatic heterocycles. The number of carbonyl (C=O) groups excluding carboxylic acids is 3. The number of likely N-dealkylation sites (tertiary alicyclic amines) is 1. The lowest BCUT2D eigenvalue weighted by atomic mass is 10.00. The van der Waals surface area contributed by atoms with Gasteiger partial charge < -0.3 is 19.7 Å². The van der Waals surface area contributed by atoms with Crippen LogP contribution >= 0.6 is 0 Å². The summed E-state index contributed by atoms with van der Waals surface area (Å²) in [6, 6.07) is 16.4. The Labute approximate surface area is 214 Å². The summed E-state index contributed by atoms with van der Waals surface area (Å²) in [4.78, 5) is 40.6. The quantitative estimate of drug-likeness (QED) is 0.564. The van der Waals surface area contributed by atoms with E-state index in [-0.39, 0.29) is 12.3 Å². The molecule has 2 aromatic carbocycles. The van der Waals surface area contributed by atoms with Crippen LogP contribution in [0.25, 0.3) is 11.1 Å². The van der Waals surface area contributed by atoms with E-state index in [1.165, 1.54) is 4.90 Å². The second-order valence-corrected chi connectivity index (χ2v) is 11.2. The van der Waals surface area contributed by atoms with Gasteiger partial charge in [-0.1, -0.05) is 54.6 Å². The van der Waals surface area contributed by atoms with Crippen molar-refractivity contribution < 1.29 is 23.9 Å². The molecular formula is C29H38N2O5. The summed E-state index contributed by atoms with van der Waals surface area (Å²) in [6.07, 6.45) is 0.825. The standard InChI is InChI=1S/C29H38N2O5/c1-28(2,3)35-26(33)24-13-10-18-31(24)25(32)23(30-27(34)36-29(4,5)6)19-20-14-16-22(17-15-20)21-11-8-7-9-12-21/h7-9,11-12,14-17,23-24H,10,13,18-19H2,1-6H3,(H,30,34)/t23-,24-/m0/s1. The minimum Gasteiger partial charge on any atom is -0.458 e. The molecule has 1 aliphatic heterocycles. The van der Waals surface area contributed by atoms with E-state index in [1.54, 1.807) is 41.5 Å². The molecule has 0 radical (unpaired) electrons. The van der Waals surface area contributed by atoms with E-state index < -0.39 is 35.3 Å². The number of benzene rings is 2. The Morgan fingerprint density at radius 2 is 1.47 bits per heavy atom. The topological polar surface area (TPSA) is 84.9 Å². The summed E-state index contributed by atoms with van der Waals surface area (Å²) in [5.74, 6) is -0.738. The molecule has 1 aliphatic rings. The molecule has 1 heterocycles. The molecule has 3 rings (SSSR count). The van der Waals surface area contributed by atoms with Gasteiger partial charge in [0.25, 0.3) is 0 Å². The average Bonchev–Trinajstić information content (AvgIpc) is 3.27. The molecule has 7 nitrogen and oxygen atoms in total. The number of carbonyl (C=O) groups is 3. The van der Waals surface area contributed by atoms with Crippen molar-refractivity contribution >= 4 is 18.0 Å². The van der Waals surface area contributed by atoms with Gasteiger partial charge in [0.1, 0.15) is 23.3 Å². The van der Waals surface area contributed by atoms with E-state index in [9.17, 15) is 14.4 Å². The summed E-state index contributed by atoms with van der Waals surface area (Å²) in [5.41, 5.74) is 1.69. The van der Waals surface area contributed by atoms with E-state index in [2.05, 4.69) is 5.32 Å². The van der Waals surface area contributed by atoms with Crippen LogP contribution in [0.3, 0.4) is 0 Å². The van der Waals surface area contributed by atoms with Crippen LogP contribution < -0.4 is 5.32 Å². The van der Waals surface area contributed by atoms with Crippen LogP contribution in [-0.4, -0.2) is 52.7 Å². The highest BCUT2D eigenvalue weighted by Crippen LogP contribution is 2.24. The molecule has 0 spiro atoms. The summed E-state index contributed by atoms with van der Waals surface area (Å²) < 4.78 is 11.0. The minimum absolute atomic E-state index is 0.269. The number of nitrogens with one attached hydrogen (secondary N) is 1. The van der Waals surface area contributed by atoms with E-state index in [1.807, 2.05) is 54.6 Å². The zero-order valence-corrected chi connectivity index (χ0v) is 22.2. The third-order valence-corrected chi connectivity index (χ3v) is 5.70. The Balaban J connectivity index is 1.80. The van der Waals surface area contributed by atoms with Gasteiger partial charge in [-0.05, 0) is 71.1 Å². The van der Waals surface area contributed by atoms with Crippen molar-refractivity contribution in [1.82, 2.24) is 10.2 Å². The van der Waals surface area contributed by atoms with Gasteiger partial charge in [-0.25, -0.2) is 9.59 Å². The summed E-state index contributed by atoms with van der Waals surface area (Å²) >= 11 is 0. The number of alkyl carbamates (subject to hydrolysis) is 1. The third kappa shape index (κ3) is 7.83. The highest BCUT2D eigenvalue weighted by atomic mass is 16.6.